The predicted molar refractivity (Wildman–Crippen MR) is 73.3 cm³/mol. The quantitative estimate of drug-likeness (QED) is 0.745. The largest absolute Gasteiger partial charge is 0.368 e. The maximum Gasteiger partial charge on any atom is 0.248 e. The molecule has 0 spiro atoms. The summed E-state index contributed by atoms with van der Waals surface area (Å²) in [5, 5.41) is 7.37. The van der Waals surface area contributed by atoms with E-state index < -0.39 is 0 Å². The monoisotopic (exact) mass is 252 g/mol. The molecule has 0 aliphatic heterocycles. The third-order valence-corrected chi connectivity index (χ3v) is 2.53. The van der Waals surface area contributed by atoms with E-state index in [0.29, 0.717) is 11.8 Å². The average Bonchev–Trinajstić information content (AvgIpc) is 2.82. The second-order valence-corrected chi connectivity index (χ2v) is 3.88. The molecular formula is C13H12N6. The molecule has 3 rings (SSSR count). The standard InChI is InChI=1S/C13H12N6/c14-12-17-13(16-10-6-2-1-3-7-10)18-19(12)11-8-4-5-9-15-11/h1-9H,(H3,14,16,17,18). The summed E-state index contributed by atoms with van der Waals surface area (Å²) in [5.74, 6) is 1.36. The van der Waals surface area contributed by atoms with E-state index in [1.807, 2.05) is 48.5 Å². The van der Waals surface area contributed by atoms with E-state index in [0.717, 1.165) is 5.69 Å². The van der Waals surface area contributed by atoms with Crippen LogP contribution < -0.4 is 11.1 Å². The number of nitrogens with zero attached hydrogens (tertiary/aromatic N) is 4. The Balaban J connectivity index is 1.90. The van der Waals surface area contributed by atoms with Crippen LogP contribution in [0.4, 0.5) is 17.6 Å². The SMILES string of the molecule is Nc1nc(Nc2ccccc2)nn1-c1ccccn1. The van der Waals surface area contributed by atoms with Crippen LogP contribution in [0.15, 0.2) is 54.7 Å². The Labute approximate surface area is 109 Å². The van der Waals surface area contributed by atoms with Crippen molar-refractivity contribution in [2.75, 3.05) is 11.1 Å². The van der Waals surface area contributed by atoms with E-state index in [9.17, 15) is 0 Å². The zero-order chi connectivity index (χ0) is 13.1. The molecule has 3 aromatic rings. The number of nitrogens with one attached hydrogen (secondary N) is 1. The molecule has 0 saturated heterocycles. The molecule has 19 heavy (non-hydrogen) atoms. The Bertz CT molecular complexity index is 662. The minimum absolute atomic E-state index is 0.289. The first-order valence-corrected chi connectivity index (χ1v) is 5.79. The fourth-order valence-electron chi connectivity index (χ4n) is 1.68. The van der Waals surface area contributed by atoms with E-state index in [-0.39, 0.29) is 5.95 Å². The summed E-state index contributed by atoms with van der Waals surface area (Å²) >= 11 is 0. The van der Waals surface area contributed by atoms with E-state index in [1.165, 1.54) is 4.68 Å². The smallest absolute Gasteiger partial charge is 0.248 e. The van der Waals surface area contributed by atoms with Gasteiger partial charge in [0, 0.05) is 11.9 Å². The van der Waals surface area contributed by atoms with Crippen LogP contribution >= 0.6 is 0 Å². The van der Waals surface area contributed by atoms with Crippen LogP contribution in [-0.4, -0.2) is 19.7 Å². The van der Waals surface area contributed by atoms with Crippen molar-refractivity contribution >= 4 is 17.6 Å². The molecule has 0 aliphatic rings. The first-order valence-electron chi connectivity index (χ1n) is 5.79. The van der Waals surface area contributed by atoms with Gasteiger partial charge in [-0.3, -0.25) is 0 Å². The summed E-state index contributed by atoms with van der Waals surface area (Å²) in [5.41, 5.74) is 6.74. The lowest BCUT2D eigenvalue weighted by Crippen LogP contribution is -2.03. The van der Waals surface area contributed by atoms with Gasteiger partial charge in [-0.15, -0.1) is 5.10 Å². The van der Waals surface area contributed by atoms with Gasteiger partial charge < -0.3 is 11.1 Å². The molecule has 3 N–H and O–H groups in total. The average molecular weight is 252 g/mol. The van der Waals surface area contributed by atoms with Crippen LogP contribution in [0.25, 0.3) is 5.82 Å². The molecule has 0 fully saturated rings. The van der Waals surface area contributed by atoms with Gasteiger partial charge >= 0.3 is 0 Å². The molecule has 0 bridgehead atoms. The summed E-state index contributed by atoms with van der Waals surface area (Å²) in [6.45, 7) is 0. The van der Waals surface area contributed by atoms with Crippen LogP contribution in [0.1, 0.15) is 0 Å². The minimum Gasteiger partial charge on any atom is -0.368 e. The number of hydrogen-bond acceptors (Lipinski definition) is 5. The number of pyridine rings is 1. The van der Waals surface area contributed by atoms with Gasteiger partial charge in [0.25, 0.3) is 0 Å². The van der Waals surface area contributed by atoms with Gasteiger partial charge in [0.15, 0.2) is 5.82 Å². The molecular weight excluding hydrogens is 240 g/mol. The summed E-state index contributed by atoms with van der Waals surface area (Å²) in [7, 11) is 0. The van der Waals surface area contributed by atoms with Gasteiger partial charge in [0.1, 0.15) is 0 Å². The number of hydrogen-bond donors (Lipinski definition) is 2. The van der Waals surface area contributed by atoms with Crippen molar-refractivity contribution in [1.82, 2.24) is 19.7 Å². The van der Waals surface area contributed by atoms with Crippen LogP contribution in [0.2, 0.25) is 0 Å². The van der Waals surface area contributed by atoms with Crippen LogP contribution in [0.5, 0.6) is 0 Å². The molecule has 94 valence electrons. The highest BCUT2D eigenvalue weighted by Crippen LogP contribution is 2.15. The van der Waals surface area contributed by atoms with Gasteiger partial charge in [-0.1, -0.05) is 24.3 Å². The second-order valence-electron chi connectivity index (χ2n) is 3.88. The normalized spacial score (nSPS) is 10.3. The molecule has 0 aliphatic carbocycles. The van der Waals surface area contributed by atoms with Gasteiger partial charge in [-0.25, -0.2) is 4.98 Å². The molecule has 0 saturated carbocycles. The number of para-hydroxylation sites is 1. The van der Waals surface area contributed by atoms with Crippen molar-refractivity contribution in [3.63, 3.8) is 0 Å². The Kier molecular flexibility index (Phi) is 2.82. The predicted octanol–water partition coefficient (Wildman–Crippen LogP) is 1.99. The number of benzene rings is 1. The maximum atomic E-state index is 5.84. The highest BCUT2D eigenvalue weighted by molar-refractivity contribution is 5.54. The lowest BCUT2D eigenvalue weighted by molar-refractivity contribution is 0.859. The number of rotatable bonds is 3. The zero-order valence-corrected chi connectivity index (χ0v) is 10.1. The molecule has 1 aromatic carbocycles. The van der Waals surface area contributed by atoms with Crippen molar-refractivity contribution < 1.29 is 0 Å². The van der Waals surface area contributed by atoms with Gasteiger partial charge in [0.05, 0.1) is 0 Å². The zero-order valence-electron chi connectivity index (χ0n) is 10.1. The van der Waals surface area contributed by atoms with Crippen molar-refractivity contribution in [2.45, 2.75) is 0 Å². The third-order valence-electron chi connectivity index (χ3n) is 2.53. The van der Waals surface area contributed by atoms with E-state index in [1.54, 1.807) is 6.20 Å². The van der Waals surface area contributed by atoms with Crippen LogP contribution in [0.3, 0.4) is 0 Å². The summed E-state index contributed by atoms with van der Waals surface area (Å²) in [6.07, 6.45) is 1.68. The van der Waals surface area contributed by atoms with Crippen molar-refractivity contribution in [1.29, 1.82) is 0 Å². The summed E-state index contributed by atoms with van der Waals surface area (Å²) < 4.78 is 1.49. The summed E-state index contributed by atoms with van der Waals surface area (Å²) in [4.78, 5) is 8.34. The van der Waals surface area contributed by atoms with E-state index >= 15 is 0 Å². The fraction of sp³-hybridized carbons (Fsp3) is 0. The number of nitrogens with two attached hydrogens (primary N) is 1. The van der Waals surface area contributed by atoms with E-state index in [2.05, 4.69) is 20.4 Å². The van der Waals surface area contributed by atoms with Crippen LogP contribution in [0, 0.1) is 0 Å². The molecule has 0 unspecified atom stereocenters. The third kappa shape index (κ3) is 2.37. The Hall–Kier alpha value is -2.89. The first kappa shape index (κ1) is 11.2. The van der Waals surface area contributed by atoms with Crippen molar-refractivity contribution in [3.8, 4) is 5.82 Å². The molecule has 6 heteroatoms. The van der Waals surface area contributed by atoms with Gasteiger partial charge in [-0.05, 0) is 24.3 Å². The fourth-order valence-corrected chi connectivity index (χ4v) is 1.68. The molecule has 2 heterocycles. The first-order chi connectivity index (χ1) is 9.33. The Morgan fingerprint density at radius 3 is 2.53 bits per heavy atom. The minimum atomic E-state index is 0.289. The second kappa shape index (κ2) is 4.77. The number of nitrogen functional groups attached to an aromatic ring is 1. The molecule has 2 aromatic heterocycles. The maximum absolute atomic E-state index is 5.84. The van der Waals surface area contributed by atoms with Crippen LogP contribution in [-0.2, 0) is 0 Å². The molecule has 0 atom stereocenters. The Morgan fingerprint density at radius 1 is 1.00 bits per heavy atom. The lowest BCUT2D eigenvalue weighted by Gasteiger charge is -2.00. The number of anilines is 3. The topological polar surface area (TPSA) is 81.6 Å². The highest BCUT2D eigenvalue weighted by Gasteiger charge is 2.09. The van der Waals surface area contributed by atoms with Gasteiger partial charge in [0.2, 0.25) is 11.9 Å². The van der Waals surface area contributed by atoms with Gasteiger partial charge in [-0.2, -0.15) is 9.67 Å². The lowest BCUT2D eigenvalue weighted by atomic mass is 10.3. The van der Waals surface area contributed by atoms with Crippen molar-refractivity contribution in [3.05, 3.63) is 54.7 Å². The molecule has 0 radical (unpaired) electrons. The highest BCUT2D eigenvalue weighted by atomic mass is 15.4. The number of aromatic nitrogens is 4. The summed E-state index contributed by atoms with van der Waals surface area (Å²) in [6, 6.07) is 15.2. The molecule has 0 amide bonds. The Morgan fingerprint density at radius 2 is 1.79 bits per heavy atom. The van der Waals surface area contributed by atoms with Crippen molar-refractivity contribution in [2.24, 2.45) is 0 Å². The molecule has 6 nitrogen and oxygen atoms in total. The van der Waals surface area contributed by atoms with E-state index in [4.69, 9.17) is 5.73 Å².